The fourth-order valence-corrected chi connectivity index (χ4v) is 2.97. The Morgan fingerprint density at radius 3 is 2.39 bits per heavy atom. The fraction of sp³-hybridized carbons (Fsp3) is 0.318. The third-order valence-electron chi connectivity index (χ3n) is 4.85. The number of carbonyl (C=O) groups excluding carboxylic acids is 3. The van der Waals surface area contributed by atoms with E-state index in [1.807, 2.05) is 44.2 Å². The van der Waals surface area contributed by atoms with Crippen molar-refractivity contribution in [1.29, 1.82) is 0 Å². The molecule has 2 aromatic carbocycles. The van der Waals surface area contributed by atoms with Crippen molar-refractivity contribution in [3.05, 3.63) is 65.7 Å². The molecule has 0 spiro atoms. The van der Waals surface area contributed by atoms with Gasteiger partial charge in [-0.15, -0.1) is 0 Å². The van der Waals surface area contributed by atoms with Gasteiger partial charge in [0.2, 0.25) is 0 Å². The number of esters is 1. The van der Waals surface area contributed by atoms with Gasteiger partial charge in [-0.1, -0.05) is 49.4 Å². The Morgan fingerprint density at radius 2 is 1.71 bits per heavy atom. The number of rotatable bonds is 7. The molecule has 0 aromatic heterocycles. The summed E-state index contributed by atoms with van der Waals surface area (Å²) in [5.74, 6) is -0.878. The normalized spacial score (nSPS) is 18.6. The maximum Gasteiger partial charge on any atom is 0.309 e. The number of benzene rings is 2. The van der Waals surface area contributed by atoms with E-state index in [-0.39, 0.29) is 30.4 Å². The van der Waals surface area contributed by atoms with Gasteiger partial charge in [0, 0.05) is 0 Å². The van der Waals surface area contributed by atoms with Crippen LogP contribution in [0, 0.1) is 11.8 Å². The summed E-state index contributed by atoms with van der Waals surface area (Å²) in [6.07, 6.45) is 0.809. The maximum atomic E-state index is 12.7. The van der Waals surface area contributed by atoms with Crippen molar-refractivity contribution in [2.45, 2.75) is 26.3 Å². The van der Waals surface area contributed by atoms with E-state index < -0.39 is 5.91 Å². The van der Waals surface area contributed by atoms with E-state index in [0.29, 0.717) is 17.2 Å². The highest BCUT2D eigenvalue weighted by atomic mass is 16.5. The summed E-state index contributed by atoms with van der Waals surface area (Å²) in [6, 6.07) is 16.2. The van der Waals surface area contributed by atoms with Crippen LogP contribution in [0.15, 0.2) is 54.6 Å². The summed E-state index contributed by atoms with van der Waals surface area (Å²) < 4.78 is 5.04. The second kappa shape index (κ2) is 8.69. The Bertz CT molecular complexity index is 866. The summed E-state index contributed by atoms with van der Waals surface area (Å²) in [5.41, 5.74) is 1.71. The van der Waals surface area contributed by atoms with Crippen LogP contribution in [0.2, 0.25) is 0 Å². The summed E-state index contributed by atoms with van der Waals surface area (Å²) in [4.78, 5) is 36.6. The zero-order chi connectivity index (χ0) is 20.1. The first-order chi connectivity index (χ1) is 13.5. The van der Waals surface area contributed by atoms with Crippen molar-refractivity contribution < 1.29 is 19.1 Å². The quantitative estimate of drug-likeness (QED) is 0.722. The fourth-order valence-electron chi connectivity index (χ4n) is 2.97. The van der Waals surface area contributed by atoms with Gasteiger partial charge in [0.1, 0.15) is 0 Å². The molecule has 2 amide bonds. The number of amides is 2. The highest BCUT2D eigenvalue weighted by molar-refractivity contribution is 6.04. The minimum Gasteiger partial charge on any atom is -0.455 e. The molecule has 0 unspecified atom stereocenters. The van der Waals surface area contributed by atoms with Gasteiger partial charge in [0.25, 0.3) is 11.8 Å². The molecule has 0 bridgehead atoms. The lowest BCUT2D eigenvalue weighted by atomic mass is 10.1. The molecule has 1 fully saturated rings. The smallest absolute Gasteiger partial charge is 0.309 e. The van der Waals surface area contributed by atoms with E-state index in [9.17, 15) is 14.4 Å². The number of ether oxygens (including phenoxy) is 1. The Balaban J connectivity index is 1.59. The van der Waals surface area contributed by atoms with Crippen LogP contribution in [0.5, 0.6) is 0 Å². The zero-order valence-corrected chi connectivity index (χ0v) is 16.0. The first-order valence-corrected chi connectivity index (χ1v) is 9.37. The van der Waals surface area contributed by atoms with Crippen LogP contribution in [0.25, 0.3) is 0 Å². The van der Waals surface area contributed by atoms with Crippen LogP contribution in [0.4, 0.5) is 5.69 Å². The molecular formula is C22H24N2O4. The Labute approximate surface area is 164 Å². The van der Waals surface area contributed by atoms with E-state index in [1.165, 1.54) is 0 Å². The molecule has 3 rings (SSSR count). The van der Waals surface area contributed by atoms with E-state index in [4.69, 9.17) is 4.74 Å². The van der Waals surface area contributed by atoms with Crippen molar-refractivity contribution in [3.8, 4) is 0 Å². The Hall–Kier alpha value is -3.15. The molecule has 28 heavy (non-hydrogen) atoms. The van der Waals surface area contributed by atoms with Gasteiger partial charge in [-0.05, 0) is 37.0 Å². The third-order valence-corrected chi connectivity index (χ3v) is 4.85. The van der Waals surface area contributed by atoms with Crippen molar-refractivity contribution in [2.24, 2.45) is 11.8 Å². The number of carbonyl (C=O) groups is 3. The first kappa shape index (κ1) is 19.6. The van der Waals surface area contributed by atoms with Crippen molar-refractivity contribution in [3.63, 3.8) is 0 Å². The SMILES string of the molecule is C[C@H](NC(=O)c1ccccc1NC(=O)COC(=O)[C@H]1C[C@@H]1C)c1ccccc1. The third kappa shape index (κ3) is 4.97. The highest BCUT2D eigenvalue weighted by Gasteiger charge is 2.40. The van der Waals surface area contributed by atoms with Crippen molar-refractivity contribution in [1.82, 2.24) is 5.32 Å². The van der Waals surface area contributed by atoms with Crippen LogP contribution in [-0.4, -0.2) is 24.4 Å². The van der Waals surface area contributed by atoms with Crippen LogP contribution in [0.3, 0.4) is 0 Å². The molecule has 2 N–H and O–H groups in total. The molecule has 6 heteroatoms. The van der Waals surface area contributed by atoms with Gasteiger partial charge in [-0.3, -0.25) is 14.4 Å². The second-order valence-corrected chi connectivity index (χ2v) is 7.13. The first-order valence-electron chi connectivity index (χ1n) is 9.37. The van der Waals surface area contributed by atoms with E-state index in [1.54, 1.807) is 24.3 Å². The zero-order valence-electron chi connectivity index (χ0n) is 16.0. The minimum atomic E-state index is -0.474. The predicted octanol–water partition coefficient (Wildman–Crippen LogP) is 3.32. The summed E-state index contributed by atoms with van der Waals surface area (Å²) >= 11 is 0. The van der Waals surface area contributed by atoms with Crippen LogP contribution in [-0.2, 0) is 14.3 Å². The molecule has 0 aliphatic heterocycles. The average Bonchev–Trinajstić information content (AvgIpc) is 3.44. The topological polar surface area (TPSA) is 84.5 Å². The molecule has 3 atom stereocenters. The molecule has 6 nitrogen and oxygen atoms in total. The lowest BCUT2D eigenvalue weighted by molar-refractivity contribution is -0.148. The van der Waals surface area contributed by atoms with Gasteiger partial charge in [-0.25, -0.2) is 0 Å². The molecule has 2 aromatic rings. The molecule has 146 valence electrons. The largest absolute Gasteiger partial charge is 0.455 e. The van der Waals surface area contributed by atoms with Gasteiger partial charge in [0.05, 0.1) is 23.2 Å². The summed E-state index contributed by atoms with van der Waals surface area (Å²) in [7, 11) is 0. The molecule has 0 saturated heterocycles. The molecule has 0 radical (unpaired) electrons. The Kier molecular flexibility index (Phi) is 6.09. The van der Waals surface area contributed by atoms with Gasteiger partial charge >= 0.3 is 5.97 Å². The lowest BCUT2D eigenvalue weighted by Gasteiger charge is -2.16. The summed E-state index contributed by atoms with van der Waals surface area (Å²) in [6.45, 7) is 3.50. The monoisotopic (exact) mass is 380 g/mol. The highest BCUT2D eigenvalue weighted by Crippen LogP contribution is 2.38. The second-order valence-electron chi connectivity index (χ2n) is 7.13. The maximum absolute atomic E-state index is 12.7. The minimum absolute atomic E-state index is 0.0923. The lowest BCUT2D eigenvalue weighted by Crippen LogP contribution is -2.28. The van der Waals surface area contributed by atoms with E-state index >= 15 is 0 Å². The van der Waals surface area contributed by atoms with Crippen molar-refractivity contribution >= 4 is 23.5 Å². The molecule has 1 aliphatic carbocycles. The van der Waals surface area contributed by atoms with E-state index in [0.717, 1.165) is 12.0 Å². The molecule has 1 saturated carbocycles. The van der Waals surface area contributed by atoms with Crippen LogP contribution >= 0.6 is 0 Å². The summed E-state index contributed by atoms with van der Waals surface area (Å²) in [5, 5.41) is 5.58. The Morgan fingerprint density at radius 1 is 1.07 bits per heavy atom. The standard InChI is InChI=1S/C22H24N2O4/c1-14-12-18(14)22(27)28-13-20(25)24-19-11-7-6-10-17(19)21(26)23-15(2)16-8-4-3-5-9-16/h3-11,14-15,18H,12-13H2,1-2H3,(H,23,26)(H,24,25)/t14-,15-,18-/m0/s1. The molecule has 0 heterocycles. The molecule has 1 aliphatic rings. The average molecular weight is 380 g/mol. The molecular weight excluding hydrogens is 356 g/mol. The van der Waals surface area contributed by atoms with Crippen LogP contribution < -0.4 is 10.6 Å². The predicted molar refractivity (Wildman–Crippen MR) is 106 cm³/mol. The number of nitrogens with one attached hydrogen (secondary N) is 2. The number of anilines is 1. The number of para-hydroxylation sites is 1. The van der Waals surface area contributed by atoms with Gasteiger partial charge in [0.15, 0.2) is 6.61 Å². The van der Waals surface area contributed by atoms with Gasteiger partial charge in [-0.2, -0.15) is 0 Å². The number of hydrogen-bond acceptors (Lipinski definition) is 4. The van der Waals surface area contributed by atoms with Crippen molar-refractivity contribution in [2.75, 3.05) is 11.9 Å². The van der Waals surface area contributed by atoms with Crippen LogP contribution in [0.1, 0.15) is 42.2 Å². The number of hydrogen-bond donors (Lipinski definition) is 2. The van der Waals surface area contributed by atoms with Gasteiger partial charge < -0.3 is 15.4 Å². The van der Waals surface area contributed by atoms with E-state index in [2.05, 4.69) is 10.6 Å².